The van der Waals surface area contributed by atoms with Gasteiger partial charge in [0.1, 0.15) is 17.1 Å². The Balaban J connectivity index is 1.22. The Kier molecular flexibility index (Phi) is 7.95. The maximum absolute atomic E-state index is 9.98. The highest BCUT2D eigenvalue weighted by Gasteiger charge is 2.21. The molecule has 0 bridgehead atoms. The highest BCUT2D eigenvalue weighted by molar-refractivity contribution is 5.91. The summed E-state index contributed by atoms with van der Waals surface area (Å²) in [5, 5.41) is 17.8. The van der Waals surface area contributed by atoms with Crippen molar-refractivity contribution in [2.45, 2.75) is 40.3 Å². The molecule has 3 aromatic carbocycles. The maximum atomic E-state index is 9.98. The summed E-state index contributed by atoms with van der Waals surface area (Å²) in [6.07, 6.45) is 4.92. The number of rotatable bonds is 8. The highest BCUT2D eigenvalue weighted by Crippen LogP contribution is 2.38. The lowest BCUT2D eigenvalue weighted by molar-refractivity contribution is 0.320. The van der Waals surface area contributed by atoms with Gasteiger partial charge in [0, 0.05) is 48.7 Å². The fourth-order valence-corrected chi connectivity index (χ4v) is 6.66. The fraction of sp³-hybridized carbons (Fsp3) is 0.263. The van der Waals surface area contributed by atoms with Crippen LogP contribution in [0.15, 0.2) is 77.5 Å². The highest BCUT2D eigenvalue weighted by atomic mass is 16.3. The molecule has 1 atom stereocenters. The minimum Gasteiger partial charge on any atom is -0.435 e. The van der Waals surface area contributed by atoms with Crippen LogP contribution in [0.1, 0.15) is 41.2 Å². The second-order valence-corrected chi connectivity index (χ2v) is 12.4. The topological polar surface area (TPSA) is 103 Å². The zero-order valence-corrected chi connectivity index (χ0v) is 26.7. The van der Waals surface area contributed by atoms with Crippen molar-refractivity contribution in [1.29, 1.82) is 5.26 Å². The standard InChI is InChI=1S/C38H37N7O/c1-23-12-14-45(21-23)22-26-15-29(18-39)36-34(17-26)44-38(46-36)32-9-5-7-30(24(32)2)31-8-6-10-33(25(31)3)43-37-35-28(11-13-41-37)16-27(19-40-4)20-42-35/h5-11,13,15-17,20,23,40H,12,14,19,21-22H2,1-4H3,(H,41,43)/t23-/m1/s1. The van der Waals surface area contributed by atoms with Crippen LogP contribution in [0, 0.1) is 31.1 Å². The van der Waals surface area contributed by atoms with Gasteiger partial charge in [0.15, 0.2) is 11.4 Å². The molecule has 0 amide bonds. The van der Waals surface area contributed by atoms with Crippen LogP contribution in [0.4, 0.5) is 11.5 Å². The van der Waals surface area contributed by atoms with E-state index in [1.807, 2.05) is 43.7 Å². The van der Waals surface area contributed by atoms with Crippen molar-refractivity contribution in [2.24, 2.45) is 5.92 Å². The van der Waals surface area contributed by atoms with Gasteiger partial charge in [-0.15, -0.1) is 0 Å². The van der Waals surface area contributed by atoms with Gasteiger partial charge in [0.05, 0.1) is 5.56 Å². The van der Waals surface area contributed by atoms with Crippen molar-refractivity contribution in [3.8, 4) is 28.7 Å². The molecule has 1 saturated heterocycles. The van der Waals surface area contributed by atoms with Crippen molar-refractivity contribution in [1.82, 2.24) is 25.2 Å². The van der Waals surface area contributed by atoms with Gasteiger partial charge < -0.3 is 15.1 Å². The van der Waals surface area contributed by atoms with Gasteiger partial charge in [-0.25, -0.2) is 9.97 Å². The number of nitriles is 1. The number of oxazole rings is 1. The number of likely N-dealkylation sites (tertiary alicyclic amines) is 1. The van der Waals surface area contributed by atoms with Crippen LogP contribution < -0.4 is 10.6 Å². The number of anilines is 2. The first kappa shape index (κ1) is 29.6. The van der Waals surface area contributed by atoms with Crippen molar-refractivity contribution in [3.05, 3.63) is 101 Å². The maximum Gasteiger partial charge on any atom is 0.227 e. The first-order valence-corrected chi connectivity index (χ1v) is 15.8. The van der Waals surface area contributed by atoms with Gasteiger partial charge in [-0.1, -0.05) is 31.2 Å². The molecule has 1 aliphatic rings. The third kappa shape index (κ3) is 5.60. The van der Waals surface area contributed by atoms with E-state index in [9.17, 15) is 5.26 Å². The van der Waals surface area contributed by atoms with E-state index in [0.717, 1.165) is 93.0 Å². The van der Waals surface area contributed by atoms with Gasteiger partial charge in [-0.3, -0.25) is 9.88 Å². The fourth-order valence-electron chi connectivity index (χ4n) is 6.66. The number of hydrogen-bond acceptors (Lipinski definition) is 8. The smallest absolute Gasteiger partial charge is 0.227 e. The Morgan fingerprint density at radius 3 is 2.57 bits per heavy atom. The van der Waals surface area contributed by atoms with E-state index in [1.54, 1.807) is 0 Å². The molecule has 230 valence electrons. The molecule has 3 aromatic heterocycles. The minimum absolute atomic E-state index is 0.522. The SMILES string of the molecule is CNCc1cnc2c(Nc3cccc(-c4cccc(-c5nc6cc(CN7CC[C@@H](C)C7)cc(C#N)c6o5)c4C)c3C)nccc2c1. The van der Waals surface area contributed by atoms with E-state index in [4.69, 9.17) is 14.4 Å². The summed E-state index contributed by atoms with van der Waals surface area (Å²) in [5.74, 6) is 1.95. The summed E-state index contributed by atoms with van der Waals surface area (Å²) in [4.78, 5) is 16.7. The summed E-state index contributed by atoms with van der Waals surface area (Å²) in [5.41, 5.74) is 11.0. The van der Waals surface area contributed by atoms with Crippen LogP contribution in [-0.4, -0.2) is 40.0 Å². The quantitative estimate of drug-likeness (QED) is 0.180. The predicted molar refractivity (Wildman–Crippen MR) is 184 cm³/mol. The van der Waals surface area contributed by atoms with E-state index in [-0.39, 0.29) is 0 Å². The zero-order valence-electron chi connectivity index (χ0n) is 26.7. The molecular weight excluding hydrogens is 570 g/mol. The normalized spacial score (nSPS) is 15.1. The summed E-state index contributed by atoms with van der Waals surface area (Å²) in [6, 6.07) is 23.0. The second-order valence-electron chi connectivity index (χ2n) is 12.4. The van der Waals surface area contributed by atoms with Crippen molar-refractivity contribution < 1.29 is 4.42 Å². The molecule has 0 radical (unpaired) electrons. The molecule has 8 nitrogen and oxygen atoms in total. The number of nitrogens with zero attached hydrogens (tertiary/aromatic N) is 5. The van der Waals surface area contributed by atoms with Crippen molar-refractivity contribution in [2.75, 3.05) is 25.5 Å². The lowest BCUT2D eigenvalue weighted by atomic mass is 9.93. The van der Waals surface area contributed by atoms with Gasteiger partial charge in [-0.2, -0.15) is 5.26 Å². The van der Waals surface area contributed by atoms with Gasteiger partial charge in [0.25, 0.3) is 0 Å². The van der Waals surface area contributed by atoms with Crippen LogP contribution in [0.2, 0.25) is 0 Å². The van der Waals surface area contributed by atoms with E-state index in [1.165, 1.54) is 6.42 Å². The Bertz CT molecular complexity index is 2130. The van der Waals surface area contributed by atoms with Crippen LogP contribution >= 0.6 is 0 Å². The Labute approximate surface area is 269 Å². The molecule has 0 unspecified atom stereocenters. The van der Waals surface area contributed by atoms with Crippen LogP contribution in [0.3, 0.4) is 0 Å². The molecule has 46 heavy (non-hydrogen) atoms. The van der Waals surface area contributed by atoms with Crippen LogP contribution in [-0.2, 0) is 13.1 Å². The monoisotopic (exact) mass is 607 g/mol. The zero-order chi connectivity index (χ0) is 31.8. The van der Waals surface area contributed by atoms with Gasteiger partial charge >= 0.3 is 0 Å². The average molecular weight is 608 g/mol. The third-order valence-electron chi connectivity index (χ3n) is 9.06. The minimum atomic E-state index is 0.522. The summed E-state index contributed by atoms with van der Waals surface area (Å²) in [6.45, 7) is 10.3. The van der Waals surface area contributed by atoms with E-state index in [0.29, 0.717) is 23.0 Å². The molecule has 1 aliphatic heterocycles. The Hall–Kier alpha value is -5.10. The number of hydrogen-bond donors (Lipinski definition) is 2. The summed E-state index contributed by atoms with van der Waals surface area (Å²) in [7, 11) is 1.93. The molecule has 0 saturated carbocycles. The second kappa shape index (κ2) is 12.4. The van der Waals surface area contributed by atoms with E-state index in [2.05, 4.69) is 83.8 Å². The molecule has 0 aliphatic carbocycles. The van der Waals surface area contributed by atoms with Crippen molar-refractivity contribution in [3.63, 3.8) is 0 Å². The summed E-state index contributed by atoms with van der Waals surface area (Å²) < 4.78 is 6.31. The van der Waals surface area contributed by atoms with E-state index >= 15 is 0 Å². The number of benzene rings is 3. The molecule has 0 spiro atoms. The Morgan fingerprint density at radius 1 is 0.978 bits per heavy atom. The molecule has 8 heteroatoms. The number of nitrogens with one attached hydrogen (secondary N) is 2. The van der Waals surface area contributed by atoms with Gasteiger partial charge in [-0.05, 0) is 110 Å². The van der Waals surface area contributed by atoms with Crippen molar-refractivity contribution >= 4 is 33.5 Å². The molecule has 6 aromatic rings. The van der Waals surface area contributed by atoms with Gasteiger partial charge in [0.2, 0.25) is 5.89 Å². The molecule has 2 N–H and O–H groups in total. The molecular formula is C38H37N7O. The van der Waals surface area contributed by atoms with Crippen LogP contribution in [0.5, 0.6) is 0 Å². The first-order chi connectivity index (χ1) is 22.4. The average Bonchev–Trinajstić information content (AvgIpc) is 3.67. The number of pyridine rings is 2. The number of aromatic nitrogens is 3. The summed E-state index contributed by atoms with van der Waals surface area (Å²) >= 11 is 0. The molecule has 7 rings (SSSR count). The van der Waals surface area contributed by atoms with E-state index < -0.39 is 0 Å². The molecule has 4 heterocycles. The lowest BCUT2D eigenvalue weighted by Gasteiger charge is -2.16. The largest absolute Gasteiger partial charge is 0.435 e. The molecule has 1 fully saturated rings. The first-order valence-electron chi connectivity index (χ1n) is 15.8. The third-order valence-corrected chi connectivity index (χ3v) is 9.06. The lowest BCUT2D eigenvalue weighted by Crippen LogP contribution is -2.19. The predicted octanol–water partition coefficient (Wildman–Crippen LogP) is 7.90. The number of fused-ring (bicyclic) bond motifs is 2. The van der Waals surface area contributed by atoms with Crippen LogP contribution in [0.25, 0.3) is 44.6 Å². The Morgan fingerprint density at radius 2 is 1.78 bits per heavy atom.